The Balaban J connectivity index is 2.04. The molecule has 0 bridgehead atoms. The summed E-state index contributed by atoms with van der Waals surface area (Å²) in [6.07, 6.45) is 5.43. The fourth-order valence-electron chi connectivity index (χ4n) is 2.32. The molecule has 0 spiro atoms. The fraction of sp³-hybridized carbons (Fsp3) is 0.467. The summed E-state index contributed by atoms with van der Waals surface area (Å²) in [5.41, 5.74) is 9.50. The van der Waals surface area contributed by atoms with Crippen LogP contribution in [0.2, 0.25) is 0 Å². The zero-order valence-electron chi connectivity index (χ0n) is 11.7. The molecule has 19 heavy (non-hydrogen) atoms. The second-order valence-corrected chi connectivity index (χ2v) is 4.84. The van der Waals surface area contributed by atoms with E-state index in [1.54, 1.807) is 0 Å². The molecule has 4 heteroatoms. The summed E-state index contributed by atoms with van der Waals surface area (Å²) in [5.74, 6) is 0. The van der Waals surface area contributed by atoms with Crippen LogP contribution in [-0.2, 0) is 6.54 Å². The zero-order valence-corrected chi connectivity index (χ0v) is 11.7. The number of hydrogen-bond acceptors (Lipinski definition) is 4. The van der Waals surface area contributed by atoms with Crippen LogP contribution in [0.3, 0.4) is 0 Å². The summed E-state index contributed by atoms with van der Waals surface area (Å²) >= 11 is 0. The van der Waals surface area contributed by atoms with Crippen molar-refractivity contribution in [3.63, 3.8) is 0 Å². The average Bonchev–Trinajstić information content (AvgIpc) is 2.45. The molecule has 0 radical (unpaired) electrons. The molecule has 0 amide bonds. The van der Waals surface area contributed by atoms with Crippen LogP contribution in [0.5, 0.6) is 0 Å². The van der Waals surface area contributed by atoms with E-state index in [-0.39, 0.29) is 0 Å². The highest BCUT2D eigenvalue weighted by molar-refractivity contribution is 5.70. The van der Waals surface area contributed by atoms with Crippen molar-refractivity contribution in [2.75, 3.05) is 38.5 Å². The Hall–Kier alpha value is -1.52. The third-order valence-electron chi connectivity index (χ3n) is 3.36. The molecule has 4 nitrogen and oxygen atoms in total. The summed E-state index contributed by atoms with van der Waals surface area (Å²) in [5, 5.41) is 6.63. The fourth-order valence-corrected chi connectivity index (χ4v) is 2.32. The summed E-state index contributed by atoms with van der Waals surface area (Å²) in [6.45, 7) is 4.67. The highest BCUT2D eigenvalue weighted by atomic mass is 15.1. The molecule has 1 aliphatic heterocycles. The van der Waals surface area contributed by atoms with Crippen LogP contribution in [0.1, 0.15) is 17.5 Å². The topological polar surface area (TPSA) is 53.3 Å². The van der Waals surface area contributed by atoms with E-state index in [4.69, 9.17) is 5.73 Å². The Labute approximate surface area is 115 Å². The molecule has 1 aromatic carbocycles. The molecule has 0 aliphatic carbocycles. The maximum absolute atomic E-state index is 5.57. The van der Waals surface area contributed by atoms with Gasteiger partial charge >= 0.3 is 0 Å². The molecule has 1 aromatic rings. The molecule has 104 valence electrons. The minimum atomic E-state index is 0.753. The molecule has 1 aliphatic rings. The van der Waals surface area contributed by atoms with Gasteiger partial charge in [-0.25, -0.2) is 0 Å². The van der Waals surface area contributed by atoms with E-state index in [1.807, 2.05) is 7.05 Å². The number of benzene rings is 1. The average molecular weight is 260 g/mol. The van der Waals surface area contributed by atoms with E-state index in [0.29, 0.717) is 0 Å². The van der Waals surface area contributed by atoms with E-state index >= 15 is 0 Å². The molecule has 0 saturated heterocycles. The van der Waals surface area contributed by atoms with E-state index in [1.165, 1.54) is 16.8 Å². The second kappa shape index (κ2) is 7.16. The lowest BCUT2D eigenvalue weighted by Crippen LogP contribution is -2.24. The monoisotopic (exact) mass is 260 g/mol. The van der Waals surface area contributed by atoms with Crippen LogP contribution in [0.15, 0.2) is 24.4 Å². The summed E-state index contributed by atoms with van der Waals surface area (Å²) < 4.78 is 0. The molecule has 0 unspecified atom stereocenters. The third kappa shape index (κ3) is 3.72. The predicted octanol–water partition coefficient (Wildman–Crippen LogP) is 1.45. The van der Waals surface area contributed by atoms with Crippen molar-refractivity contribution in [3.05, 3.63) is 35.5 Å². The molecular weight excluding hydrogens is 236 g/mol. The lowest BCUT2D eigenvalue weighted by molar-refractivity contribution is 0.363. The van der Waals surface area contributed by atoms with Crippen LogP contribution in [0.4, 0.5) is 5.69 Å². The van der Waals surface area contributed by atoms with Gasteiger partial charge < -0.3 is 21.3 Å². The predicted molar refractivity (Wildman–Crippen MR) is 82.0 cm³/mol. The lowest BCUT2D eigenvalue weighted by Gasteiger charge is -2.26. The van der Waals surface area contributed by atoms with Gasteiger partial charge in [0.2, 0.25) is 0 Å². The number of nitrogens with zero attached hydrogens (tertiary/aromatic N) is 1. The molecule has 2 rings (SSSR count). The van der Waals surface area contributed by atoms with Gasteiger partial charge in [-0.2, -0.15) is 0 Å². The standard InChI is InChI=1S/C15H24N4/c1-17-8-9-18-15-5-2-4-13-12-19(10-3-7-16)11-6-14(13)15/h2,4-6,11,17-18H,3,7-10,12,16H2,1H3. The van der Waals surface area contributed by atoms with Crippen molar-refractivity contribution in [2.24, 2.45) is 5.73 Å². The van der Waals surface area contributed by atoms with Crippen molar-refractivity contribution in [1.29, 1.82) is 0 Å². The van der Waals surface area contributed by atoms with Crippen LogP contribution in [0, 0.1) is 0 Å². The van der Waals surface area contributed by atoms with Gasteiger partial charge in [-0.05, 0) is 37.7 Å². The Kier molecular flexibility index (Phi) is 5.24. The van der Waals surface area contributed by atoms with Crippen LogP contribution >= 0.6 is 0 Å². The maximum atomic E-state index is 5.57. The lowest BCUT2D eigenvalue weighted by atomic mass is 10.0. The van der Waals surface area contributed by atoms with Crippen molar-refractivity contribution >= 4 is 11.8 Å². The molecule has 0 saturated carbocycles. The third-order valence-corrected chi connectivity index (χ3v) is 3.36. The van der Waals surface area contributed by atoms with Gasteiger partial charge in [0.15, 0.2) is 0 Å². The molecule has 1 heterocycles. The van der Waals surface area contributed by atoms with E-state index in [0.717, 1.165) is 39.1 Å². The maximum Gasteiger partial charge on any atom is 0.0430 e. The Bertz CT molecular complexity index is 428. The number of nitrogens with one attached hydrogen (secondary N) is 2. The smallest absolute Gasteiger partial charge is 0.0430 e. The van der Waals surface area contributed by atoms with E-state index in [9.17, 15) is 0 Å². The van der Waals surface area contributed by atoms with Gasteiger partial charge in [-0.3, -0.25) is 0 Å². The quantitative estimate of drug-likeness (QED) is 0.650. The molecular formula is C15H24N4. The number of likely N-dealkylation sites (N-methyl/N-ethyl adjacent to an activating group) is 1. The van der Waals surface area contributed by atoms with Crippen LogP contribution in [0.25, 0.3) is 6.08 Å². The SMILES string of the molecule is CNCCNc1cccc2c1C=CN(CCCN)C2. The Morgan fingerprint density at radius 2 is 2.21 bits per heavy atom. The Morgan fingerprint density at radius 3 is 3.00 bits per heavy atom. The summed E-state index contributed by atoms with van der Waals surface area (Å²) in [6, 6.07) is 6.48. The van der Waals surface area contributed by atoms with Gasteiger partial charge in [0, 0.05) is 43.6 Å². The number of hydrogen-bond donors (Lipinski definition) is 3. The van der Waals surface area contributed by atoms with Crippen LogP contribution in [-0.4, -0.2) is 38.1 Å². The Morgan fingerprint density at radius 1 is 1.32 bits per heavy atom. The summed E-state index contributed by atoms with van der Waals surface area (Å²) in [7, 11) is 1.97. The van der Waals surface area contributed by atoms with E-state index < -0.39 is 0 Å². The largest absolute Gasteiger partial charge is 0.383 e. The minimum Gasteiger partial charge on any atom is -0.383 e. The highest BCUT2D eigenvalue weighted by Crippen LogP contribution is 2.26. The number of nitrogens with two attached hydrogens (primary N) is 1. The van der Waals surface area contributed by atoms with Gasteiger partial charge in [-0.1, -0.05) is 12.1 Å². The van der Waals surface area contributed by atoms with Gasteiger partial charge in [-0.15, -0.1) is 0 Å². The zero-order chi connectivity index (χ0) is 13.5. The molecule has 0 aromatic heterocycles. The van der Waals surface area contributed by atoms with Crippen molar-refractivity contribution in [1.82, 2.24) is 10.2 Å². The van der Waals surface area contributed by atoms with Gasteiger partial charge in [0.1, 0.15) is 0 Å². The molecule has 0 fully saturated rings. The number of rotatable bonds is 7. The van der Waals surface area contributed by atoms with Crippen LogP contribution < -0.4 is 16.4 Å². The summed E-state index contributed by atoms with van der Waals surface area (Å²) in [4.78, 5) is 2.33. The van der Waals surface area contributed by atoms with Crippen molar-refractivity contribution in [3.8, 4) is 0 Å². The highest BCUT2D eigenvalue weighted by Gasteiger charge is 2.12. The minimum absolute atomic E-state index is 0.753. The first-order valence-electron chi connectivity index (χ1n) is 6.98. The van der Waals surface area contributed by atoms with E-state index in [2.05, 4.69) is 46.0 Å². The van der Waals surface area contributed by atoms with Crippen molar-refractivity contribution in [2.45, 2.75) is 13.0 Å². The van der Waals surface area contributed by atoms with Crippen molar-refractivity contribution < 1.29 is 0 Å². The first-order chi connectivity index (χ1) is 9.35. The second-order valence-electron chi connectivity index (χ2n) is 4.84. The number of fused-ring (bicyclic) bond motifs is 1. The normalized spacial score (nSPS) is 13.5. The number of anilines is 1. The molecule has 4 N–H and O–H groups in total. The van der Waals surface area contributed by atoms with Gasteiger partial charge in [0.05, 0.1) is 0 Å². The molecule has 0 atom stereocenters. The first-order valence-corrected chi connectivity index (χ1v) is 6.98. The van der Waals surface area contributed by atoms with Gasteiger partial charge in [0.25, 0.3) is 0 Å². The first kappa shape index (κ1) is 13.9.